The van der Waals surface area contributed by atoms with E-state index in [1.165, 1.54) is 38.4 Å². The molecule has 30 heavy (non-hydrogen) atoms. The van der Waals surface area contributed by atoms with Crippen molar-refractivity contribution in [3.05, 3.63) is 70.2 Å². The summed E-state index contributed by atoms with van der Waals surface area (Å²) in [5.74, 6) is -10.9. The van der Waals surface area contributed by atoms with Gasteiger partial charge >= 0.3 is 0 Å². The Hall–Kier alpha value is -3.69. The molecule has 0 saturated heterocycles. The van der Waals surface area contributed by atoms with Crippen molar-refractivity contribution in [1.29, 1.82) is 0 Å². The van der Waals surface area contributed by atoms with Gasteiger partial charge in [-0.25, -0.2) is 26.9 Å². The average molecular weight is 424 g/mol. The van der Waals surface area contributed by atoms with Gasteiger partial charge in [0.15, 0.2) is 23.3 Å². The summed E-state index contributed by atoms with van der Waals surface area (Å²) < 4.78 is 72.5. The minimum absolute atomic E-state index is 0.0567. The number of aromatic hydroxyl groups is 1. The predicted molar refractivity (Wildman–Crippen MR) is 98.1 cm³/mol. The SMILES string of the molecule is COc1cc(O)ccc1/C=C1N=C(/C=C/c2c(F)c(F)c(F)c(F)c2F)N(C)C\1=O. The second-order valence-corrected chi connectivity index (χ2v) is 6.11. The molecule has 1 heterocycles. The number of phenols is 1. The Morgan fingerprint density at radius 1 is 1.00 bits per heavy atom. The Kier molecular flexibility index (Phi) is 5.59. The minimum Gasteiger partial charge on any atom is -0.508 e. The molecule has 1 N–H and O–H groups in total. The lowest BCUT2D eigenvalue weighted by molar-refractivity contribution is -0.121. The number of phenolic OH excluding ortho intramolecular Hbond substituents is 1. The number of hydrogen-bond acceptors (Lipinski definition) is 4. The number of likely N-dealkylation sites (N-methyl/N-ethyl adjacent to an activating group) is 1. The minimum atomic E-state index is -2.26. The van der Waals surface area contributed by atoms with Crippen LogP contribution in [0, 0.1) is 29.1 Å². The molecule has 2 aromatic carbocycles. The van der Waals surface area contributed by atoms with Gasteiger partial charge in [0.05, 0.1) is 12.7 Å². The molecular weight excluding hydrogens is 411 g/mol. The van der Waals surface area contributed by atoms with E-state index in [4.69, 9.17) is 4.74 Å². The molecule has 0 atom stereocenters. The first-order valence-electron chi connectivity index (χ1n) is 8.30. The van der Waals surface area contributed by atoms with E-state index in [1.54, 1.807) is 0 Å². The number of rotatable bonds is 4. The first-order valence-corrected chi connectivity index (χ1v) is 8.30. The lowest BCUT2D eigenvalue weighted by Crippen LogP contribution is -2.26. The molecular formula is C20H13F5N2O3. The monoisotopic (exact) mass is 424 g/mol. The molecule has 0 saturated carbocycles. The molecule has 1 aliphatic heterocycles. The molecule has 2 aromatic rings. The lowest BCUT2D eigenvalue weighted by Gasteiger charge is -2.09. The first-order chi connectivity index (χ1) is 14.1. The highest BCUT2D eigenvalue weighted by Gasteiger charge is 2.27. The van der Waals surface area contributed by atoms with Crippen molar-refractivity contribution >= 4 is 23.9 Å². The van der Waals surface area contributed by atoms with E-state index in [-0.39, 0.29) is 23.0 Å². The fraction of sp³-hybridized carbons (Fsp3) is 0.100. The summed E-state index contributed by atoms with van der Waals surface area (Å²) in [5, 5.41) is 9.49. The zero-order chi connectivity index (χ0) is 22.2. The van der Waals surface area contributed by atoms with Crippen LogP contribution in [-0.2, 0) is 4.79 Å². The molecule has 5 nitrogen and oxygen atoms in total. The number of benzene rings is 2. The topological polar surface area (TPSA) is 62.1 Å². The zero-order valence-corrected chi connectivity index (χ0v) is 15.5. The lowest BCUT2D eigenvalue weighted by atomic mass is 10.1. The molecule has 0 radical (unpaired) electrons. The van der Waals surface area contributed by atoms with Crippen LogP contribution < -0.4 is 4.74 Å². The number of carbonyl (C=O) groups is 1. The number of methoxy groups -OCH3 is 1. The molecule has 1 amide bonds. The van der Waals surface area contributed by atoms with Gasteiger partial charge < -0.3 is 9.84 Å². The second kappa shape index (κ2) is 7.97. The third-order valence-corrected chi connectivity index (χ3v) is 4.25. The molecule has 3 rings (SSSR count). The van der Waals surface area contributed by atoms with Crippen LogP contribution in [0.15, 0.2) is 35.0 Å². The summed E-state index contributed by atoms with van der Waals surface area (Å²) >= 11 is 0. The Balaban J connectivity index is 2.00. The molecule has 0 bridgehead atoms. The largest absolute Gasteiger partial charge is 0.508 e. The molecule has 0 spiro atoms. The van der Waals surface area contributed by atoms with Crippen molar-refractivity contribution in [2.45, 2.75) is 0 Å². The Morgan fingerprint density at radius 2 is 1.60 bits per heavy atom. The molecule has 0 aromatic heterocycles. The fourth-order valence-corrected chi connectivity index (χ4v) is 2.66. The average Bonchev–Trinajstić information content (AvgIpc) is 3.00. The smallest absolute Gasteiger partial charge is 0.277 e. The maximum atomic E-state index is 13.8. The van der Waals surface area contributed by atoms with Crippen LogP contribution in [0.3, 0.4) is 0 Å². The van der Waals surface area contributed by atoms with Crippen molar-refractivity contribution in [2.75, 3.05) is 14.2 Å². The number of amides is 1. The van der Waals surface area contributed by atoms with Gasteiger partial charge in [0, 0.05) is 18.7 Å². The molecule has 0 aliphatic carbocycles. The van der Waals surface area contributed by atoms with Crippen LogP contribution in [0.4, 0.5) is 22.0 Å². The number of aliphatic imine (C=N–C) groups is 1. The highest BCUT2D eigenvalue weighted by atomic mass is 19.2. The predicted octanol–water partition coefficient (Wildman–Crippen LogP) is 4.02. The highest BCUT2D eigenvalue weighted by Crippen LogP contribution is 2.28. The van der Waals surface area contributed by atoms with Crippen LogP contribution in [0.25, 0.3) is 12.2 Å². The highest BCUT2D eigenvalue weighted by molar-refractivity contribution is 6.18. The maximum Gasteiger partial charge on any atom is 0.277 e. The quantitative estimate of drug-likeness (QED) is 0.349. The maximum absolute atomic E-state index is 13.8. The number of amidine groups is 1. The number of hydrogen-bond donors (Lipinski definition) is 1. The molecule has 156 valence electrons. The molecule has 1 aliphatic rings. The van der Waals surface area contributed by atoms with Crippen molar-refractivity contribution in [3.63, 3.8) is 0 Å². The van der Waals surface area contributed by atoms with Crippen molar-refractivity contribution in [1.82, 2.24) is 4.90 Å². The number of nitrogens with zero attached hydrogens (tertiary/aromatic N) is 2. The second-order valence-electron chi connectivity index (χ2n) is 6.11. The van der Waals surface area contributed by atoms with Crippen LogP contribution in [0.1, 0.15) is 11.1 Å². The summed E-state index contributed by atoms with van der Waals surface area (Å²) in [6.07, 6.45) is 2.95. The van der Waals surface area contributed by atoms with E-state index < -0.39 is 40.6 Å². The van der Waals surface area contributed by atoms with Gasteiger partial charge in [-0.2, -0.15) is 0 Å². The number of carbonyl (C=O) groups excluding carboxylic acids is 1. The van der Waals surface area contributed by atoms with Crippen molar-refractivity contribution in [3.8, 4) is 11.5 Å². The van der Waals surface area contributed by atoms with Gasteiger partial charge in [-0.15, -0.1) is 0 Å². The van der Waals surface area contributed by atoms with Gasteiger partial charge in [-0.05, 0) is 30.4 Å². The van der Waals surface area contributed by atoms with E-state index in [1.807, 2.05) is 0 Å². The zero-order valence-electron chi connectivity index (χ0n) is 15.5. The van der Waals surface area contributed by atoms with E-state index in [0.717, 1.165) is 11.0 Å². The third kappa shape index (κ3) is 3.63. The first kappa shape index (κ1) is 21.0. The molecule has 0 unspecified atom stereocenters. The summed E-state index contributed by atoms with van der Waals surface area (Å²) in [4.78, 5) is 17.4. The van der Waals surface area contributed by atoms with E-state index in [9.17, 15) is 31.9 Å². The van der Waals surface area contributed by atoms with E-state index >= 15 is 0 Å². The van der Waals surface area contributed by atoms with E-state index in [0.29, 0.717) is 11.6 Å². The summed E-state index contributed by atoms with van der Waals surface area (Å²) in [6, 6.07) is 4.17. The van der Waals surface area contributed by atoms with Gasteiger partial charge in [0.25, 0.3) is 5.91 Å². The Bertz CT molecular complexity index is 1110. The fourth-order valence-electron chi connectivity index (χ4n) is 2.66. The number of ether oxygens (including phenoxy) is 1. The third-order valence-electron chi connectivity index (χ3n) is 4.25. The normalized spacial score (nSPS) is 15.4. The van der Waals surface area contributed by atoms with Gasteiger partial charge in [0.1, 0.15) is 23.0 Å². The van der Waals surface area contributed by atoms with Crippen LogP contribution >= 0.6 is 0 Å². The standard InChI is InChI=1S/C20H13F5N2O3/c1-27-14(6-5-11-15(21)17(23)19(25)18(24)16(11)22)26-12(20(27)29)7-9-3-4-10(28)8-13(9)30-2/h3-8,28H,1-2H3/b6-5+,12-7-. The summed E-state index contributed by atoms with van der Waals surface area (Å²) in [7, 11) is 2.68. The van der Waals surface area contributed by atoms with E-state index in [2.05, 4.69) is 4.99 Å². The van der Waals surface area contributed by atoms with Crippen LogP contribution in [-0.4, -0.2) is 35.9 Å². The molecule has 10 heteroatoms. The molecule has 0 fully saturated rings. The van der Waals surface area contributed by atoms with Crippen molar-refractivity contribution < 1.29 is 36.6 Å². The van der Waals surface area contributed by atoms with Gasteiger partial charge in [0.2, 0.25) is 5.82 Å². The van der Waals surface area contributed by atoms with Crippen LogP contribution in [0.5, 0.6) is 11.5 Å². The summed E-state index contributed by atoms with van der Waals surface area (Å²) in [6.45, 7) is 0. The Morgan fingerprint density at radius 3 is 2.20 bits per heavy atom. The Labute approximate surface area is 167 Å². The van der Waals surface area contributed by atoms with Crippen LogP contribution in [0.2, 0.25) is 0 Å². The number of halogens is 5. The summed E-state index contributed by atoms with van der Waals surface area (Å²) in [5.41, 5.74) is -0.813. The van der Waals surface area contributed by atoms with Gasteiger partial charge in [-0.1, -0.05) is 0 Å². The van der Waals surface area contributed by atoms with Gasteiger partial charge in [-0.3, -0.25) is 9.69 Å². The van der Waals surface area contributed by atoms with Crippen molar-refractivity contribution in [2.24, 2.45) is 4.99 Å².